The number of hydrogen-bond acceptors (Lipinski definition) is 4. The van der Waals surface area contributed by atoms with E-state index in [-0.39, 0.29) is 35.7 Å². The summed E-state index contributed by atoms with van der Waals surface area (Å²) >= 11 is 0. The van der Waals surface area contributed by atoms with E-state index < -0.39 is 0 Å². The molecule has 2 heterocycles. The Labute approximate surface area is 161 Å². The fourth-order valence-corrected chi connectivity index (χ4v) is 4.33. The van der Waals surface area contributed by atoms with Crippen LogP contribution in [0.1, 0.15) is 25.8 Å². The molecule has 0 aromatic heterocycles. The first kappa shape index (κ1) is 19.7. The van der Waals surface area contributed by atoms with Gasteiger partial charge >= 0.3 is 0 Å². The third-order valence-electron chi connectivity index (χ3n) is 6.02. The first-order chi connectivity index (χ1) is 12.9. The molecule has 0 bridgehead atoms. The van der Waals surface area contributed by atoms with Crippen molar-refractivity contribution >= 4 is 11.8 Å². The van der Waals surface area contributed by atoms with Crippen LogP contribution in [-0.2, 0) is 16.0 Å². The Morgan fingerprint density at radius 2 is 1.81 bits per heavy atom. The van der Waals surface area contributed by atoms with Gasteiger partial charge < -0.3 is 19.6 Å². The number of benzene rings is 1. The Morgan fingerprint density at radius 1 is 1.19 bits per heavy atom. The van der Waals surface area contributed by atoms with Gasteiger partial charge in [-0.25, -0.2) is 0 Å². The average molecular weight is 374 g/mol. The van der Waals surface area contributed by atoms with E-state index in [2.05, 4.69) is 0 Å². The van der Waals surface area contributed by atoms with Gasteiger partial charge in [-0.15, -0.1) is 0 Å². The molecule has 6 heteroatoms. The zero-order valence-corrected chi connectivity index (χ0v) is 16.5. The third kappa shape index (κ3) is 3.95. The molecular weight excluding hydrogens is 344 g/mol. The number of amides is 2. The Hall–Kier alpha value is -2.08. The standard InChI is InChI=1S/C21H30N2O4/c1-15(2)20(26)23-11-17-10-22(12-21(17,13-23)14-24)19(25)9-6-16-4-7-18(27-3)8-5-16/h4-5,7-8,15,17,24H,6,9-14H2,1-3H3/t17-,21+/m0/s1. The summed E-state index contributed by atoms with van der Waals surface area (Å²) in [5, 5.41) is 10.0. The van der Waals surface area contributed by atoms with Crippen LogP contribution in [0.2, 0.25) is 0 Å². The second-order valence-electron chi connectivity index (χ2n) is 8.21. The summed E-state index contributed by atoms with van der Waals surface area (Å²) in [5.41, 5.74) is 0.745. The van der Waals surface area contributed by atoms with Crippen LogP contribution in [0, 0.1) is 17.3 Å². The molecular formula is C21H30N2O4. The van der Waals surface area contributed by atoms with Crippen molar-refractivity contribution in [3.8, 4) is 5.75 Å². The van der Waals surface area contributed by atoms with Crippen LogP contribution >= 0.6 is 0 Å². The van der Waals surface area contributed by atoms with Gasteiger partial charge in [0.1, 0.15) is 5.75 Å². The minimum atomic E-state index is -0.361. The monoisotopic (exact) mass is 374 g/mol. The Balaban J connectivity index is 1.57. The fourth-order valence-electron chi connectivity index (χ4n) is 4.33. The summed E-state index contributed by atoms with van der Waals surface area (Å²) in [6.45, 7) is 6.17. The first-order valence-electron chi connectivity index (χ1n) is 9.69. The molecule has 1 aromatic carbocycles. The number of hydrogen-bond donors (Lipinski definition) is 1. The van der Waals surface area contributed by atoms with Crippen molar-refractivity contribution in [2.75, 3.05) is 39.9 Å². The molecule has 2 aliphatic rings. The molecule has 2 saturated heterocycles. The van der Waals surface area contributed by atoms with Gasteiger partial charge in [-0.2, -0.15) is 0 Å². The molecule has 0 radical (unpaired) electrons. The van der Waals surface area contributed by atoms with Crippen molar-refractivity contribution in [2.45, 2.75) is 26.7 Å². The number of aliphatic hydroxyl groups is 1. The molecule has 27 heavy (non-hydrogen) atoms. The SMILES string of the molecule is COc1ccc(CCC(=O)N2C[C@H]3CN(C(=O)C(C)C)C[C@@]3(CO)C2)cc1. The molecule has 0 aliphatic carbocycles. The van der Waals surface area contributed by atoms with E-state index in [1.54, 1.807) is 7.11 Å². The lowest BCUT2D eigenvalue weighted by molar-refractivity contribution is -0.134. The van der Waals surface area contributed by atoms with Gasteiger partial charge in [-0.05, 0) is 24.1 Å². The summed E-state index contributed by atoms with van der Waals surface area (Å²) < 4.78 is 5.16. The van der Waals surface area contributed by atoms with E-state index in [1.165, 1.54) is 0 Å². The van der Waals surface area contributed by atoms with Crippen LogP contribution < -0.4 is 4.74 Å². The van der Waals surface area contributed by atoms with E-state index in [1.807, 2.05) is 47.9 Å². The van der Waals surface area contributed by atoms with E-state index in [4.69, 9.17) is 4.74 Å². The van der Waals surface area contributed by atoms with Gasteiger partial charge in [0.15, 0.2) is 0 Å². The molecule has 2 fully saturated rings. The predicted molar refractivity (Wildman–Crippen MR) is 102 cm³/mol. The highest BCUT2D eigenvalue weighted by Gasteiger charge is 2.54. The number of fused-ring (bicyclic) bond motifs is 1. The number of nitrogens with zero attached hydrogens (tertiary/aromatic N) is 2. The maximum atomic E-state index is 12.7. The quantitative estimate of drug-likeness (QED) is 0.820. The Kier molecular flexibility index (Phi) is 5.75. The zero-order valence-electron chi connectivity index (χ0n) is 16.5. The van der Waals surface area contributed by atoms with Crippen molar-refractivity contribution in [1.82, 2.24) is 9.80 Å². The summed E-state index contributed by atoms with van der Waals surface area (Å²) in [6.07, 6.45) is 1.14. The molecule has 0 unspecified atom stereocenters. The van der Waals surface area contributed by atoms with Gasteiger partial charge in [0.2, 0.25) is 11.8 Å². The van der Waals surface area contributed by atoms with Crippen LogP contribution in [0.3, 0.4) is 0 Å². The molecule has 0 spiro atoms. The lowest BCUT2D eigenvalue weighted by atomic mass is 9.82. The smallest absolute Gasteiger partial charge is 0.225 e. The van der Waals surface area contributed by atoms with Gasteiger partial charge in [0.05, 0.1) is 13.7 Å². The Bertz CT molecular complexity index is 688. The largest absolute Gasteiger partial charge is 0.497 e. The van der Waals surface area contributed by atoms with Crippen molar-refractivity contribution in [3.63, 3.8) is 0 Å². The van der Waals surface area contributed by atoms with Gasteiger partial charge in [0.25, 0.3) is 0 Å². The number of ether oxygens (including phenoxy) is 1. The molecule has 6 nitrogen and oxygen atoms in total. The summed E-state index contributed by atoms with van der Waals surface area (Å²) in [6, 6.07) is 7.77. The second kappa shape index (κ2) is 7.89. The number of methoxy groups -OCH3 is 1. The van der Waals surface area contributed by atoms with Crippen molar-refractivity contribution in [2.24, 2.45) is 17.3 Å². The predicted octanol–water partition coefficient (Wildman–Crippen LogP) is 1.56. The Morgan fingerprint density at radius 3 is 2.37 bits per heavy atom. The lowest BCUT2D eigenvalue weighted by Gasteiger charge is -2.28. The molecule has 2 amide bonds. The number of likely N-dealkylation sites (tertiary alicyclic amines) is 2. The van der Waals surface area contributed by atoms with Gasteiger partial charge in [-0.3, -0.25) is 9.59 Å². The topological polar surface area (TPSA) is 70.1 Å². The van der Waals surface area contributed by atoms with Crippen LogP contribution in [0.5, 0.6) is 5.75 Å². The van der Waals surface area contributed by atoms with Crippen LogP contribution in [-0.4, -0.2) is 66.6 Å². The molecule has 0 saturated carbocycles. The number of rotatable bonds is 6. The number of aryl methyl sites for hydroxylation is 1. The maximum Gasteiger partial charge on any atom is 0.225 e. The van der Waals surface area contributed by atoms with E-state index in [0.717, 1.165) is 11.3 Å². The third-order valence-corrected chi connectivity index (χ3v) is 6.02. The number of aliphatic hydroxyl groups excluding tert-OH is 1. The van der Waals surface area contributed by atoms with Crippen molar-refractivity contribution in [1.29, 1.82) is 0 Å². The lowest BCUT2D eigenvalue weighted by Crippen LogP contribution is -2.41. The average Bonchev–Trinajstić information content (AvgIpc) is 3.20. The number of carbonyl (C=O) groups excluding carboxylic acids is 2. The van der Waals surface area contributed by atoms with Crippen LogP contribution in [0.15, 0.2) is 24.3 Å². The second-order valence-corrected chi connectivity index (χ2v) is 8.21. The highest BCUT2D eigenvalue weighted by atomic mass is 16.5. The van der Waals surface area contributed by atoms with Crippen LogP contribution in [0.25, 0.3) is 0 Å². The number of carbonyl (C=O) groups is 2. The zero-order chi connectivity index (χ0) is 19.6. The molecule has 1 N–H and O–H groups in total. The van der Waals surface area contributed by atoms with Crippen LogP contribution in [0.4, 0.5) is 0 Å². The highest BCUT2D eigenvalue weighted by Crippen LogP contribution is 2.42. The normalized spacial score (nSPS) is 24.4. The van der Waals surface area contributed by atoms with Crippen molar-refractivity contribution in [3.05, 3.63) is 29.8 Å². The summed E-state index contributed by atoms with van der Waals surface area (Å²) in [4.78, 5) is 28.7. The van der Waals surface area contributed by atoms with Gasteiger partial charge in [0, 0.05) is 49.9 Å². The van der Waals surface area contributed by atoms with Gasteiger partial charge in [-0.1, -0.05) is 26.0 Å². The molecule has 3 rings (SSSR count). The minimum Gasteiger partial charge on any atom is -0.497 e. The molecule has 2 aliphatic heterocycles. The first-order valence-corrected chi connectivity index (χ1v) is 9.69. The molecule has 1 aromatic rings. The summed E-state index contributed by atoms with van der Waals surface area (Å²) in [7, 11) is 1.63. The van der Waals surface area contributed by atoms with E-state index in [0.29, 0.717) is 39.0 Å². The molecule has 148 valence electrons. The fraction of sp³-hybridized carbons (Fsp3) is 0.619. The molecule has 2 atom stereocenters. The van der Waals surface area contributed by atoms with E-state index >= 15 is 0 Å². The van der Waals surface area contributed by atoms with Crippen molar-refractivity contribution < 1.29 is 19.4 Å². The minimum absolute atomic E-state index is 0.0157. The maximum absolute atomic E-state index is 12.7. The van der Waals surface area contributed by atoms with E-state index in [9.17, 15) is 14.7 Å². The highest BCUT2D eigenvalue weighted by molar-refractivity contribution is 5.79. The summed E-state index contributed by atoms with van der Waals surface area (Å²) in [5.74, 6) is 1.18.